The first-order valence-corrected chi connectivity index (χ1v) is 8.49. The van der Waals surface area contributed by atoms with Gasteiger partial charge in [0.1, 0.15) is 5.54 Å². The summed E-state index contributed by atoms with van der Waals surface area (Å²) in [5, 5.41) is 3.41. The van der Waals surface area contributed by atoms with Crippen molar-refractivity contribution in [1.29, 1.82) is 0 Å². The molecular weight excluding hydrogens is 266 g/mol. The van der Waals surface area contributed by atoms with Gasteiger partial charge in [0.2, 0.25) is 0 Å². The predicted molar refractivity (Wildman–Crippen MR) is 83.1 cm³/mol. The Bertz CT molecular complexity index is 346. The zero-order valence-corrected chi connectivity index (χ0v) is 14.0. The second-order valence-electron chi connectivity index (χ2n) is 7.32. The molecule has 2 rings (SSSR count). The minimum absolute atomic E-state index is 0.186. The smallest absolute Gasteiger partial charge is 0.328 e. The van der Waals surface area contributed by atoms with Gasteiger partial charge in [-0.1, -0.05) is 13.8 Å². The van der Waals surface area contributed by atoms with Crippen LogP contribution in [-0.4, -0.2) is 36.9 Å². The molecule has 2 aliphatic carbocycles. The standard InChI is InChI=1S/C17H31NO3/c1-5-20-16(19)17(4,18-14-6-7-14)11-21-15-9-12(2)8-13(3)10-15/h12-15,18H,5-11H2,1-4H3. The average Bonchev–Trinajstić information content (AvgIpc) is 3.19. The van der Waals surface area contributed by atoms with Gasteiger partial charge in [-0.3, -0.25) is 5.32 Å². The van der Waals surface area contributed by atoms with Crippen LogP contribution in [0.5, 0.6) is 0 Å². The summed E-state index contributed by atoms with van der Waals surface area (Å²) in [4.78, 5) is 12.3. The molecule has 2 aliphatic rings. The third-order valence-electron chi connectivity index (χ3n) is 4.57. The fourth-order valence-corrected chi connectivity index (χ4v) is 3.42. The van der Waals surface area contributed by atoms with E-state index in [0.717, 1.165) is 25.7 Å². The molecule has 3 atom stereocenters. The van der Waals surface area contributed by atoms with E-state index in [4.69, 9.17) is 9.47 Å². The minimum atomic E-state index is -0.707. The molecule has 0 bridgehead atoms. The van der Waals surface area contributed by atoms with Crippen molar-refractivity contribution in [1.82, 2.24) is 5.32 Å². The van der Waals surface area contributed by atoms with Gasteiger partial charge >= 0.3 is 5.97 Å². The molecule has 2 fully saturated rings. The Labute approximate surface area is 129 Å². The van der Waals surface area contributed by atoms with Crippen molar-refractivity contribution in [3.05, 3.63) is 0 Å². The summed E-state index contributed by atoms with van der Waals surface area (Å²) in [7, 11) is 0. The largest absolute Gasteiger partial charge is 0.465 e. The number of rotatable bonds is 7. The van der Waals surface area contributed by atoms with Crippen LogP contribution in [0, 0.1) is 11.8 Å². The number of carbonyl (C=O) groups excluding carboxylic acids is 1. The lowest BCUT2D eigenvalue weighted by Gasteiger charge is -2.35. The molecule has 0 amide bonds. The fourth-order valence-electron chi connectivity index (χ4n) is 3.42. The van der Waals surface area contributed by atoms with E-state index in [-0.39, 0.29) is 12.1 Å². The van der Waals surface area contributed by atoms with Gasteiger partial charge < -0.3 is 9.47 Å². The molecule has 0 saturated heterocycles. The Balaban J connectivity index is 1.90. The zero-order valence-electron chi connectivity index (χ0n) is 14.0. The predicted octanol–water partition coefficient (Wildman–Crippen LogP) is 2.90. The number of esters is 1. The van der Waals surface area contributed by atoms with E-state index in [1.807, 2.05) is 13.8 Å². The quantitative estimate of drug-likeness (QED) is 0.734. The molecule has 2 saturated carbocycles. The molecule has 0 spiro atoms. The number of carbonyl (C=O) groups is 1. The van der Waals surface area contributed by atoms with Crippen molar-refractivity contribution in [3.8, 4) is 0 Å². The second kappa shape index (κ2) is 7.10. The number of ether oxygens (including phenoxy) is 2. The van der Waals surface area contributed by atoms with Crippen LogP contribution >= 0.6 is 0 Å². The van der Waals surface area contributed by atoms with E-state index in [0.29, 0.717) is 31.1 Å². The summed E-state index contributed by atoms with van der Waals surface area (Å²) in [6.07, 6.45) is 6.06. The number of hydrogen-bond donors (Lipinski definition) is 1. The van der Waals surface area contributed by atoms with Crippen molar-refractivity contribution in [2.75, 3.05) is 13.2 Å². The topological polar surface area (TPSA) is 47.6 Å². The molecule has 3 unspecified atom stereocenters. The summed E-state index contributed by atoms with van der Waals surface area (Å²) in [5.41, 5.74) is -0.707. The Hall–Kier alpha value is -0.610. The molecular formula is C17H31NO3. The van der Waals surface area contributed by atoms with E-state index < -0.39 is 5.54 Å². The molecule has 0 aromatic carbocycles. The Morgan fingerprint density at radius 3 is 2.33 bits per heavy atom. The van der Waals surface area contributed by atoms with Crippen LogP contribution in [0.1, 0.15) is 59.8 Å². The first kappa shape index (κ1) is 16.8. The van der Waals surface area contributed by atoms with Gasteiger partial charge in [0.05, 0.1) is 19.3 Å². The molecule has 0 aliphatic heterocycles. The average molecular weight is 297 g/mol. The molecule has 4 heteroatoms. The van der Waals surface area contributed by atoms with Crippen LogP contribution in [0.2, 0.25) is 0 Å². The van der Waals surface area contributed by atoms with Crippen LogP contribution in [0.25, 0.3) is 0 Å². The molecule has 122 valence electrons. The van der Waals surface area contributed by atoms with E-state index in [2.05, 4.69) is 19.2 Å². The van der Waals surface area contributed by atoms with Crippen LogP contribution in [0.4, 0.5) is 0 Å². The fraction of sp³-hybridized carbons (Fsp3) is 0.941. The summed E-state index contributed by atoms with van der Waals surface area (Å²) in [6, 6.07) is 0.451. The highest BCUT2D eigenvalue weighted by Crippen LogP contribution is 2.31. The lowest BCUT2D eigenvalue weighted by atomic mass is 9.81. The van der Waals surface area contributed by atoms with Crippen molar-refractivity contribution >= 4 is 5.97 Å². The third kappa shape index (κ3) is 4.96. The van der Waals surface area contributed by atoms with Gasteiger partial charge in [-0.2, -0.15) is 0 Å². The molecule has 4 nitrogen and oxygen atoms in total. The van der Waals surface area contributed by atoms with Gasteiger partial charge in [0.25, 0.3) is 0 Å². The first-order valence-electron chi connectivity index (χ1n) is 8.49. The summed E-state index contributed by atoms with van der Waals surface area (Å²) in [6.45, 7) is 9.17. The van der Waals surface area contributed by atoms with Crippen molar-refractivity contribution in [2.24, 2.45) is 11.8 Å². The molecule has 0 aromatic heterocycles. The molecule has 0 aromatic rings. The van der Waals surface area contributed by atoms with Crippen molar-refractivity contribution in [2.45, 2.75) is 77.5 Å². The van der Waals surface area contributed by atoms with E-state index in [9.17, 15) is 4.79 Å². The van der Waals surface area contributed by atoms with Gasteiger partial charge in [0, 0.05) is 6.04 Å². The SMILES string of the molecule is CCOC(=O)C(C)(COC1CC(C)CC(C)C1)NC1CC1. The maximum Gasteiger partial charge on any atom is 0.328 e. The van der Waals surface area contributed by atoms with E-state index >= 15 is 0 Å². The van der Waals surface area contributed by atoms with Gasteiger partial charge in [-0.15, -0.1) is 0 Å². The lowest BCUT2D eigenvalue weighted by Crippen LogP contribution is -2.55. The highest BCUT2D eigenvalue weighted by molar-refractivity contribution is 5.80. The van der Waals surface area contributed by atoms with Crippen molar-refractivity contribution in [3.63, 3.8) is 0 Å². The highest BCUT2D eigenvalue weighted by atomic mass is 16.5. The summed E-state index contributed by atoms with van der Waals surface area (Å²) < 4.78 is 11.4. The monoisotopic (exact) mass is 297 g/mol. The van der Waals surface area contributed by atoms with Crippen LogP contribution < -0.4 is 5.32 Å². The highest BCUT2D eigenvalue weighted by Gasteiger charge is 2.41. The summed E-state index contributed by atoms with van der Waals surface area (Å²) >= 11 is 0. The normalized spacial score (nSPS) is 32.5. The van der Waals surface area contributed by atoms with Gasteiger partial charge in [0.15, 0.2) is 0 Å². The molecule has 1 N–H and O–H groups in total. The second-order valence-corrected chi connectivity index (χ2v) is 7.32. The maximum absolute atomic E-state index is 12.3. The first-order chi connectivity index (χ1) is 9.93. The number of hydrogen-bond acceptors (Lipinski definition) is 4. The number of nitrogens with one attached hydrogen (secondary N) is 1. The Morgan fingerprint density at radius 1 is 1.19 bits per heavy atom. The Morgan fingerprint density at radius 2 is 1.81 bits per heavy atom. The van der Waals surface area contributed by atoms with Gasteiger partial charge in [-0.05, 0) is 57.8 Å². The van der Waals surface area contributed by atoms with Gasteiger partial charge in [-0.25, -0.2) is 4.79 Å². The van der Waals surface area contributed by atoms with Crippen LogP contribution in [0.15, 0.2) is 0 Å². The lowest BCUT2D eigenvalue weighted by molar-refractivity contribution is -0.155. The molecule has 0 heterocycles. The summed E-state index contributed by atoms with van der Waals surface area (Å²) in [5.74, 6) is 1.24. The van der Waals surface area contributed by atoms with Crippen LogP contribution in [-0.2, 0) is 14.3 Å². The van der Waals surface area contributed by atoms with E-state index in [1.54, 1.807) is 0 Å². The zero-order chi connectivity index (χ0) is 15.5. The molecule has 0 radical (unpaired) electrons. The maximum atomic E-state index is 12.3. The Kier molecular flexibility index (Phi) is 5.67. The van der Waals surface area contributed by atoms with E-state index in [1.165, 1.54) is 6.42 Å². The molecule has 21 heavy (non-hydrogen) atoms. The minimum Gasteiger partial charge on any atom is -0.465 e. The third-order valence-corrected chi connectivity index (χ3v) is 4.57. The van der Waals surface area contributed by atoms with Crippen molar-refractivity contribution < 1.29 is 14.3 Å². The van der Waals surface area contributed by atoms with Crippen LogP contribution in [0.3, 0.4) is 0 Å².